The second-order valence-electron chi connectivity index (χ2n) is 7.72. The molecule has 2 aromatic carbocycles. The van der Waals surface area contributed by atoms with Gasteiger partial charge in [-0.15, -0.1) is 0 Å². The Morgan fingerprint density at radius 3 is 2.40 bits per heavy atom. The van der Waals surface area contributed by atoms with Crippen LogP contribution in [-0.4, -0.2) is 35.9 Å². The third-order valence-electron chi connectivity index (χ3n) is 5.25. The highest BCUT2D eigenvalue weighted by atomic mass is 16.5. The standard InChI is InChI=1S/C25H34N2O3/c1-6-13-26-25(29)22(7-2)27(16-21-11-9-8-10-12-21)24(28)17-30-23-15-18(3)14-19(4)20(23)5/h8-12,14-15,22H,6-7,13,16-17H2,1-5H3,(H,26,29). The average Bonchev–Trinajstić information content (AvgIpc) is 2.74. The van der Waals surface area contributed by atoms with Crippen LogP contribution in [0.2, 0.25) is 0 Å². The molecule has 5 heteroatoms. The van der Waals surface area contributed by atoms with Gasteiger partial charge in [0, 0.05) is 13.1 Å². The van der Waals surface area contributed by atoms with Gasteiger partial charge in [-0.25, -0.2) is 0 Å². The van der Waals surface area contributed by atoms with Crippen molar-refractivity contribution >= 4 is 11.8 Å². The smallest absolute Gasteiger partial charge is 0.261 e. The molecule has 0 aliphatic rings. The van der Waals surface area contributed by atoms with Crippen molar-refractivity contribution in [3.8, 4) is 5.75 Å². The number of rotatable bonds is 10. The van der Waals surface area contributed by atoms with Crippen molar-refractivity contribution in [2.75, 3.05) is 13.2 Å². The van der Waals surface area contributed by atoms with Gasteiger partial charge in [0.2, 0.25) is 5.91 Å². The Labute approximate surface area is 180 Å². The van der Waals surface area contributed by atoms with Crippen LogP contribution >= 0.6 is 0 Å². The Kier molecular flexibility index (Phi) is 8.90. The summed E-state index contributed by atoms with van der Waals surface area (Å²) in [4.78, 5) is 27.6. The zero-order chi connectivity index (χ0) is 22.1. The van der Waals surface area contributed by atoms with E-state index in [4.69, 9.17) is 4.74 Å². The molecule has 0 fully saturated rings. The van der Waals surface area contributed by atoms with Crippen LogP contribution in [0.5, 0.6) is 5.75 Å². The Bertz CT molecular complexity index is 849. The molecule has 0 spiro atoms. The highest BCUT2D eigenvalue weighted by Crippen LogP contribution is 2.23. The number of amides is 2. The molecule has 1 atom stereocenters. The predicted octanol–water partition coefficient (Wildman–Crippen LogP) is 4.32. The van der Waals surface area contributed by atoms with Crippen molar-refractivity contribution in [2.24, 2.45) is 0 Å². The van der Waals surface area contributed by atoms with E-state index >= 15 is 0 Å². The second kappa shape index (κ2) is 11.4. The molecule has 0 heterocycles. The zero-order valence-electron chi connectivity index (χ0n) is 18.8. The highest BCUT2D eigenvalue weighted by molar-refractivity contribution is 5.88. The number of carbonyl (C=O) groups is 2. The summed E-state index contributed by atoms with van der Waals surface area (Å²) in [5, 5.41) is 2.93. The summed E-state index contributed by atoms with van der Waals surface area (Å²) in [5.41, 5.74) is 4.22. The predicted molar refractivity (Wildman–Crippen MR) is 121 cm³/mol. The van der Waals surface area contributed by atoms with Crippen LogP contribution in [0.25, 0.3) is 0 Å². The number of benzene rings is 2. The second-order valence-corrected chi connectivity index (χ2v) is 7.72. The van der Waals surface area contributed by atoms with E-state index in [1.165, 1.54) is 0 Å². The fourth-order valence-electron chi connectivity index (χ4n) is 3.44. The van der Waals surface area contributed by atoms with Crippen molar-refractivity contribution in [3.63, 3.8) is 0 Å². The molecule has 0 aliphatic heterocycles. The Morgan fingerprint density at radius 2 is 1.77 bits per heavy atom. The lowest BCUT2D eigenvalue weighted by atomic mass is 10.1. The lowest BCUT2D eigenvalue weighted by Gasteiger charge is -2.30. The summed E-state index contributed by atoms with van der Waals surface area (Å²) in [6, 6.07) is 13.2. The summed E-state index contributed by atoms with van der Waals surface area (Å²) in [7, 11) is 0. The largest absolute Gasteiger partial charge is 0.483 e. The molecule has 1 unspecified atom stereocenters. The fourth-order valence-corrected chi connectivity index (χ4v) is 3.44. The number of aryl methyl sites for hydroxylation is 2. The van der Waals surface area contributed by atoms with Gasteiger partial charge in [-0.2, -0.15) is 0 Å². The number of hydrogen-bond acceptors (Lipinski definition) is 3. The normalized spacial score (nSPS) is 11.6. The zero-order valence-corrected chi connectivity index (χ0v) is 18.8. The van der Waals surface area contributed by atoms with Gasteiger partial charge in [-0.05, 0) is 61.9 Å². The first-order chi connectivity index (χ1) is 14.4. The number of ether oxygens (including phenoxy) is 1. The summed E-state index contributed by atoms with van der Waals surface area (Å²) in [6.07, 6.45) is 1.39. The van der Waals surface area contributed by atoms with E-state index in [0.717, 1.165) is 28.7 Å². The molecule has 162 valence electrons. The molecule has 0 radical (unpaired) electrons. The number of nitrogens with zero attached hydrogens (tertiary/aromatic N) is 1. The van der Waals surface area contributed by atoms with Crippen molar-refractivity contribution in [1.82, 2.24) is 10.2 Å². The van der Waals surface area contributed by atoms with Crippen LogP contribution in [0, 0.1) is 20.8 Å². The fraction of sp³-hybridized carbons (Fsp3) is 0.440. The molecule has 2 rings (SSSR count). The van der Waals surface area contributed by atoms with Crippen LogP contribution in [0.1, 0.15) is 48.9 Å². The summed E-state index contributed by atoms with van der Waals surface area (Å²) in [6.45, 7) is 10.8. The van der Waals surface area contributed by atoms with Crippen LogP contribution in [-0.2, 0) is 16.1 Å². The molecular formula is C25H34N2O3. The maximum Gasteiger partial charge on any atom is 0.261 e. The molecule has 2 aromatic rings. The van der Waals surface area contributed by atoms with Gasteiger partial charge in [0.1, 0.15) is 11.8 Å². The molecular weight excluding hydrogens is 376 g/mol. The van der Waals surface area contributed by atoms with Gasteiger partial charge in [0.15, 0.2) is 6.61 Å². The SMILES string of the molecule is CCCNC(=O)C(CC)N(Cc1ccccc1)C(=O)COc1cc(C)cc(C)c1C. The van der Waals surface area contributed by atoms with E-state index < -0.39 is 6.04 Å². The molecule has 0 aromatic heterocycles. The van der Waals surface area contributed by atoms with Gasteiger partial charge in [-0.3, -0.25) is 9.59 Å². The minimum atomic E-state index is -0.534. The van der Waals surface area contributed by atoms with E-state index in [-0.39, 0.29) is 18.4 Å². The summed E-state index contributed by atoms with van der Waals surface area (Å²) < 4.78 is 5.91. The molecule has 5 nitrogen and oxygen atoms in total. The van der Waals surface area contributed by atoms with Crippen LogP contribution in [0.15, 0.2) is 42.5 Å². The molecule has 0 saturated heterocycles. The lowest BCUT2D eigenvalue weighted by molar-refractivity contribution is -0.143. The topological polar surface area (TPSA) is 58.6 Å². The first-order valence-electron chi connectivity index (χ1n) is 10.7. The van der Waals surface area contributed by atoms with Crippen LogP contribution in [0.3, 0.4) is 0 Å². The Morgan fingerprint density at radius 1 is 1.07 bits per heavy atom. The minimum Gasteiger partial charge on any atom is -0.483 e. The van der Waals surface area contributed by atoms with Gasteiger partial charge in [0.05, 0.1) is 0 Å². The van der Waals surface area contributed by atoms with E-state index in [1.807, 2.05) is 71.0 Å². The van der Waals surface area contributed by atoms with E-state index in [2.05, 4.69) is 11.4 Å². The van der Waals surface area contributed by atoms with Gasteiger partial charge < -0.3 is 15.0 Å². The Balaban J connectivity index is 2.22. The van der Waals surface area contributed by atoms with E-state index in [1.54, 1.807) is 4.90 Å². The minimum absolute atomic E-state index is 0.103. The van der Waals surface area contributed by atoms with E-state index in [9.17, 15) is 9.59 Å². The first kappa shape index (κ1) is 23.5. The van der Waals surface area contributed by atoms with Gasteiger partial charge in [-0.1, -0.05) is 50.2 Å². The molecule has 1 N–H and O–H groups in total. The third kappa shape index (κ3) is 6.34. The van der Waals surface area contributed by atoms with Gasteiger partial charge >= 0.3 is 0 Å². The quantitative estimate of drug-likeness (QED) is 0.634. The lowest BCUT2D eigenvalue weighted by Crippen LogP contribution is -2.50. The molecule has 0 aliphatic carbocycles. The van der Waals surface area contributed by atoms with Gasteiger partial charge in [0.25, 0.3) is 5.91 Å². The van der Waals surface area contributed by atoms with E-state index in [0.29, 0.717) is 25.3 Å². The molecule has 30 heavy (non-hydrogen) atoms. The number of hydrogen-bond donors (Lipinski definition) is 1. The Hall–Kier alpha value is -2.82. The molecule has 0 saturated carbocycles. The number of nitrogens with one attached hydrogen (secondary N) is 1. The molecule has 0 bridgehead atoms. The van der Waals surface area contributed by atoms with Crippen LogP contribution in [0.4, 0.5) is 0 Å². The van der Waals surface area contributed by atoms with Crippen LogP contribution < -0.4 is 10.1 Å². The van der Waals surface area contributed by atoms with Crippen molar-refractivity contribution in [1.29, 1.82) is 0 Å². The summed E-state index contributed by atoms with van der Waals surface area (Å²) in [5.74, 6) is 0.395. The first-order valence-corrected chi connectivity index (χ1v) is 10.7. The third-order valence-corrected chi connectivity index (χ3v) is 5.25. The maximum absolute atomic E-state index is 13.2. The monoisotopic (exact) mass is 410 g/mol. The average molecular weight is 411 g/mol. The number of carbonyl (C=O) groups excluding carboxylic acids is 2. The van der Waals surface area contributed by atoms with Crippen molar-refractivity contribution < 1.29 is 14.3 Å². The highest BCUT2D eigenvalue weighted by Gasteiger charge is 2.28. The van der Waals surface area contributed by atoms with Crippen molar-refractivity contribution in [2.45, 2.75) is 60.0 Å². The molecule has 2 amide bonds. The van der Waals surface area contributed by atoms with Crippen molar-refractivity contribution in [3.05, 3.63) is 64.7 Å². The summed E-state index contributed by atoms with van der Waals surface area (Å²) >= 11 is 0. The maximum atomic E-state index is 13.2.